The van der Waals surface area contributed by atoms with E-state index in [1.54, 1.807) is 59.7 Å². The fourth-order valence-electron chi connectivity index (χ4n) is 5.45. The molecule has 3 heterocycles. The topological polar surface area (TPSA) is 91.4 Å². The Labute approximate surface area is 185 Å². The molecule has 0 N–H and O–H groups in total. The van der Waals surface area contributed by atoms with Crippen LogP contribution in [0.25, 0.3) is 0 Å². The van der Waals surface area contributed by atoms with Gasteiger partial charge in [-0.3, -0.25) is 14.4 Å². The Morgan fingerprint density at radius 1 is 1.09 bits per heavy atom. The highest BCUT2D eigenvalue weighted by Gasteiger charge is 2.72. The number of ketones is 3. The second-order valence-corrected chi connectivity index (χ2v) is 9.57. The highest BCUT2D eigenvalue weighted by Crippen LogP contribution is 2.59. The van der Waals surface area contributed by atoms with Crippen molar-refractivity contribution in [1.29, 1.82) is 5.26 Å². The van der Waals surface area contributed by atoms with E-state index in [1.807, 2.05) is 20.8 Å². The molecule has 1 aliphatic carbocycles. The molecule has 6 heteroatoms. The minimum absolute atomic E-state index is 0.124. The number of carbonyl (C=O) groups excluding carboxylic acids is 3. The first-order valence-corrected chi connectivity index (χ1v) is 10.6. The first-order chi connectivity index (χ1) is 15.2. The Kier molecular flexibility index (Phi) is 4.19. The van der Waals surface area contributed by atoms with Gasteiger partial charge >= 0.3 is 0 Å². The van der Waals surface area contributed by atoms with Crippen LogP contribution in [-0.4, -0.2) is 34.3 Å². The zero-order valence-corrected chi connectivity index (χ0v) is 18.0. The first-order valence-electron chi connectivity index (χ1n) is 10.6. The molecule has 0 bridgehead atoms. The second kappa shape index (κ2) is 6.64. The molecular formula is C26H22N2O4. The van der Waals surface area contributed by atoms with Crippen LogP contribution in [0.15, 0.2) is 71.0 Å². The van der Waals surface area contributed by atoms with Crippen LogP contribution in [0.4, 0.5) is 0 Å². The van der Waals surface area contributed by atoms with Crippen molar-refractivity contribution >= 4 is 17.3 Å². The molecule has 0 radical (unpaired) electrons. The van der Waals surface area contributed by atoms with E-state index in [0.29, 0.717) is 22.5 Å². The van der Waals surface area contributed by atoms with Crippen molar-refractivity contribution in [3.63, 3.8) is 0 Å². The van der Waals surface area contributed by atoms with E-state index in [-0.39, 0.29) is 17.3 Å². The zero-order valence-electron chi connectivity index (χ0n) is 18.0. The number of carbonyl (C=O) groups is 3. The minimum Gasteiger partial charge on any atom is -0.469 e. The summed E-state index contributed by atoms with van der Waals surface area (Å²) in [7, 11) is 0. The molecule has 1 aromatic carbocycles. The number of Topliss-reactive ketones (excluding diaryl/α,β-unsaturated/α-hetero) is 3. The van der Waals surface area contributed by atoms with Crippen LogP contribution in [0.2, 0.25) is 0 Å². The van der Waals surface area contributed by atoms with Crippen LogP contribution < -0.4 is 0 Å². The molecule has 1 spiro atoms. The van der Waals surface area contributed by atoms with Crippen molar-refractivity contribution in [1.82, 2.24) is 4.90 Å². The lowest BCUT2D eigenvalue weighted by Crippen LogP contribution is -2.47. The molecule has 3 atom stereocenters. The first kappa shape index (κ1) is 20.2. The Hall–Kier alpha value is -3.72. The van der Waals surface area contributed by atoms with Gasteiger partial charge in [-0.05, 0) is 18.2 Å². The lowest BCUT2D eigenvalue weighted by atomic mass is 9.65. The summed E-state index contributed by atoms with van der Waals surface area (Å²) in [6.07, 6.45) is 6.43. The van der Waals surface area contributed by atoms with Crippen LogP contribution in [0.3, 0.4) is 0 Å². The molecule has 1 aromatic heterocycles. The molecule has 160 valence electrons. The maximum absolute atomic E-state index is 14.0. The number of rotatable bonds is 2. The third kappa shape index (κ3) is 2.42. The van der Waals surface area contributed by atoms with E-state index in [1.165, 1.54) is 6.26 Å². The highest BCUT2D eigenvalue weighted by atomic mass is 16.3. The number of nitrogens with zero attached hydrogens (tertiary/aromatic N) is 2. The van der Waals surface area contributed by atoms with E-state index >= 15 is 0 Å². The largest absolute Gasteiger partial charge is 0.469 e. The van der Waals surface area contributed by atoms with Crippen LogP contribution in [0, 0.1) is 22.2 Å². The van der Waals surface area contributed by atoms with Gasteiger partial charge in [-0.15, -0.1) is 0 Å². The van der Waals surface area contributed by atoms with Crippen molar-refractivity contribution in [3.05, 3.63) is 83.5 Å². The Morgan fingerprint density at radius 3 is 2.28 bits per heavy atom. The molecule has 3 aliphatic rings. The number of hydrogen-bond acceptors (Lipinski definition) is 6. The van der Waals surface area contributed by atoms with Gasteiger partial charge in [-0.2, -0.15) is 5.26 Å². The zero-order chi connectivity index (χ0) is 22.8. The summed E-state index contributed by atoms with van der Waals surface area (Å²) in [6.45, 7) is 5.45. The highest BCUT2D eigenvalue weighted by molar-refractivity contribution is 6.31. The van der Waals surface area contributed by atoms with Gasteiger partial charge in [0.15, 0.2) is 17.3 Å². The summed E-state index contributed by atoms with van der Waals surface area (Å²) in [5.74, 6) is -1.16. The summed E-state index contributed by atoms with van der Waals surface area (Å²) >= 11 is 0. The quantitative estimate of drug-likeness (QED) is 0.672. The average Bonchev–Trinajstić information content (AvgIpc) is 3.45. The Morgan fingerprint density at radius 2 is 1.75 bits per heavy atom. The van der Waals surface area contributed by atoms with Gasteiger partial charge < -0.3 is 9.32 Å². The molecule has 6 nitrogen and oxygen atoms in total. The smallest absolute Gasteiger partial charge is 0.180 e. The van der Waals surface area contributed by atoms with E-state index in [9.17, 15) is 19.6 Å². The van der Waals surface area contributed by atoms with Crippen LogP contribution in [0.5, 0.6) is 0 Å². The van der Waals surface area contributed by atoms with Gasteiger partial charge in [0.2, 0.25) is 0 Å². The maximum Gasteiger partial charge on any atom is 0.180 e. The van der Waals surface area contributed by atoms with Crippen LogP contribution in [-0.2, 0) is 4.79 Å². The second-order valence-electron chi connectivity index (χ2n) is 9.57. The fourth-order valence-corrected chi connectivity index (χ4v) is 5.45. The third-order valence-electron chi connectivity index (χ3n) is 6.82. The number of benzene rings is 1. The summed E-state index contributed by atoms with van der Waals surface area (Å²) in [4.78, 5) is 43.6. The van der Waals surface area contributed by atoms with Gasteiger partial charge in [-0.1, -0.05) is 51.1 Å². The fraction of sp³-hybridized carbons (Fsp3) is 0.308. The Balaban J connectivity index is 1.83. The average molecular weight is 426 g/mol. The molecule has 32 heavy (non-hydrogen) atoms. The number of allylic oxidation sites excluding steroid dienone is 2. The molecule has 0 amide bonds. The van der Waals surface area contributed by atoms with Crippen molar-refractivity contribution in [2.45, 2.75) is 38.8 Å². The van der Waals surface area contributed by atoms with Crippen LogP contribution >= 0.6 is 0 Å². The predicted octanol–water partition coefficient (Wildman–Crippen LogP) is 4.07. The molecule has 1 fully saturated rings. The van der Waals surface area contributed by atoms with Gasteiger partial charge in [-0.25, -0.2) is 0 Å². The Bertz CT molecular complexity index is 1220. The minimum atomic E-state index is -1.55. The number of hydrogen-bond donors (Lipinski definition) is 0. The number of furan rings is 1. The van der Waals surface area contributed by atoms with Gasteiger partial charge in [0.05, 0.1) is 29.8 Å². The van der Waals surface area contributed by atoms with Crippen molar-refractivity contribution in [3.8, 4) is 6.07 Å². The van der Waals surface area contributed by atoms with E-state index < -0.39 is 28.8 Å². The molecular weight excluding hydrogens is 404 g/mol. The van der Waals surface area contributed by atoms with Gasteiger partial charge in [0.25, 0.3) is 0 Å². The van der Waals surface area contributed by atoms with Crippen LogP contribution in [0.1, 0.15) is 53.2 Å². The number of nitriles is 1. The lowest BCUT2D eigenvalue weighted by molar-refractivity contribution is -0.130. The van der Waals surface area contributed by atoms with Gasteiger partial charge in [0.1, 0.15) is 17.2 Å². The molecule has 2 aliphatic heterocycles. The summed E-state index contributed by atoms with van der Waals surface area (Å²) in [6, 6.07) is 10.8. The van der Waals surface area contributed by atoms with Crippen molar-refractivity contribution in [2.75, 3.05) is 0 Å². The summed E-state index contributed by atoms with van der Waals surface area (Å²) in [5.41, 5.74) is -1.22. The summed E-state index contributed by atoms with van der Waals surface area (Å²) < 4.78 is 5.76. The molecule has 2 aromatic rings. The summed E-state index contributed by atoms with van der Waals surface area (Å²) in [5, 5.41) is 9.51. The van der Waals surface area contributed by atoms with E-state index in [0.717, 1.165) is 0 Å². The third-order valence-corrected chi connectivity index (χ3v) is 6.82. The monoisotopic (exact) mass is 426 g/mol. The normalized spacial score (nSPS) is 25.5. The lowest BCUT2D eigenvalue weighted by Gasteiger charge is -2.34. The molecule has 5 rings (SSSR count). The predicted molar refractivity (Wildman–Crippen MR) is 116 cm³/mol. The van der Waals surface area contributed by atoms with Crippen molar-refractivity contribution < 1.29 is 18.8 Å². The molecule has 0 saturated carbocycles. The standard InChI is InChI=1S/C26H22N2O4/c1-25(2,3)24(31)21-20(18-9-6-12-32-18)26(19-11-10-15(13-27)14-28(19)21)22(29)16-7-4-5-8-17(16)23(26)30/h4-12,14,19-21H,1-3H3. The van der Waals surface area contributed by atoms with Crippen molar-refractivity contribution in [2.24, 2.45) is 10.8 Å². The maximum atomic E-state index is 14.0. The van der Waals surface area contributed by atoms with E-state index in [2.05, 4.69) is 6.07 Å². The van der Waals surface area contributed by atoms with E-state index in [4.69, 9.17) is 4.42 Å². The number of fused-ring (bicyclic) bond motifs is 3. The SMILES string of the molecule is CC(C)(C)C(=O)C1C(c2ccco2)C2(C(=O)c3ccccc3C2=O)C2C=CC(C#N)=CN12. The van der Waals surface area contributed by atoms with Gasteiger partial charge in [0, 0.05) is 22.7 Å². The molecule has 3 unspecified atom stereocenters. The molecule has 1 saturated heterocycles.